The number of hydrogen-bond donors (Lipinski definition) is 1. The number of hydrogen-bond acceptors (Lipinski definition) is 1. The Kier molecular flexibility index (Phi) is 4.81. The Morgan fingerprint density at radius 1 is 1.05 bits per heavy atom. The Morgan fingerprint density at radius 3 is 2.40 bits per heavy atom. The van der Waals surface area contributed by atoms with Crippen molar-refractivity contribution >= 4 is 11.3 Å². The molecule has 2 aromatic rings. The van der Waals surface area contributed by atoms with E-state index >= 15 is 0 Å². The highest BCUT2D eigenvalue weighted by Gasteiger charge is 1.97. The lowest BCUT2D eigenvalue weighted by atomic mass is 10.0. The fourth-order valence-corrected chi connectivity index (χ4v) is 1.93. The summed E-state index contributed by atoms with van der Waals surface area (Å²) in [5.74, 6) is 2.59. The number of anilines is 1. The second kappa shape index (κ2) is 7.01. The van der Waals surface area contributed by atoms with Gasteiger partial charge in [0.05, 0.1) is 0 Å². The topological polar surface area (TPSA) is 26.0 Å². The molecule has 0 radical (unpaired) electrons. The molecule has 2 rings (SSSR count). The predicted octanol–water partition coefficient (Wildman–Crippen LogP) is 4.08. The van der Waals surface area contributed by atoms with Crippen molar-refractivity contribution in [2.75, 3.05) is 5.73 Å². The first kappa shape index (κ1) is 13.7. The molecule has 0 saturated carbocycles. The monoisotopic (exact) mass is 259 g/mol. The summed E-state index contributed by atoms with van der Waals surface area (Å²) in [4.78, 5) is 0. The lowest BCUT2D eigenvalue weighted by Crippen LogP contribution is -1.86. The Bertz CT molecular complexity index is 640. The van der Waals surface area contributed by atoms with Gasteiger partial charge in [-0.05, 0) is 41.3 Å². The maximum absolute atomic E-state index is 5.70. The highest BCUT2D eigenvalue weighted by molar-refractivity contribution is 5.76. The minimum Gasteiger partial charge on any atom is -0.399 e. The van der Waals surface area contributed by atoms with Crippen molar-refractivity contribution in [1.82, 2.24) is 0 Å². The van der Waals surface area contributed by atoms with Crippen molar-refractivity contribution in [2.45, 2.75) is 6.42 Å². The van der Waals surface area contributed by atoms with Crippen molar-refractivity contribution in [1.29, 1.82) is 0 Å². The van der Waals surface area contributed by atoms with E-state index in [1.165, 1.54) is 5.56 Å². The maximum Gasteiger partial charge on any atom is 0.0314 e. The quantitative estimate of drug-likeness (QED) is 0.499. The Morgan fingerprint density at radius 2 is 1.75 bits per heavy atom. The normalized spacial score (nSPS) is 11.4. The lowest BCUT2D eigenvalue weighted by molar-refractivity contribution is 1.27. The largest absolute Gasteiger partial charge is 0.399 e. The number of benzene rings is 2. The summed E-state index contributed by atoms with van der Waals surface area (Å²) >= 11 is 0. The summed E-state index contributed by atoms with van der Waals surface area (Å²) in [6.45, 7) is 0. The molecule has 0 aliphatic carbocycles. The molecule has 0 spiro atoms. The number of nitrogen functional groups attached to an aromatic ring is 1. The van der Waals surface area contributed by atoms with Crippen LogP contribution in [-0.2, 0) is 6.42 Å². The first-order valence-electron chi connectivity index (χ1n) is 6.52. The molecule has 20 heavy (non-hydrogen) atoms. The smallest absolute Gasteiger partial charge is 0.0314 e. The number of rotatable bonds is 4. The van der Waals surface area contributed by atoms with Gasteiger partial charge in [0, 0.05) is 5.69 Å². The van der Waals surface area contributed by atoms with Crippen molar-refractivity contribution in [3.63, 3.8) is 0 Å². The average molecular weight is 259 g/mol. The van der Waals surface area contributed by atoms with E-state index in [-0.39, 0.29) is 0 Å². The molecule has 1 heteroatoms. The fraction of sp³-hybridized carbons (Fsp3) is 0.0526. The van der Waals surface area contributed by atoms with Gasteiger partial charge in [0.1, 0.15) is 0 Å². The molecule has 0 atom stereocenters. The molecular formula is C19H17N. The Hall–Kier alpha value is -2.72. The van der Waals surface area contributed by atoms with Crippen LogP contribution in [0.25, 0.3) is 5.57 Å². The van der Waals surface area contributed by atoms with Crippen molar-refractivity contribution < 1.29 is 0 Å². The summed E-state index contributed by atoms with van der Waals surface area (Å²) in [6.07, 6.45) is 12.2. The highest BCUT2D eigenvalue weighted by Crippen LogP contribution is 2.17. The molecular weight excluding hydrogens is 242 g/mol. The molecule has 2 aromatic carbocycles. The maximum atomic E-state index is 5.70. The minimum atomic E-state index is 0.752. The van der Waals surface area contributed by atoms with Crippen molar-refractivity contribution in [3.05, 3.63) is 84.0 Å². The minimum absolute atomic E-state index is 0.752. The van der Waals surface area contributed by atoms with E-state index in [9.17, 15) is 0 Å². The average Bonchev–Trinajstić information content (AvgIpc) is 2.48. The standard InChI is InChI=1S/C19H17N/c1-2-7-17(18-12-14-19(20)15-13-18)11-6-10-16-8-4-3-5-9-16/h1,3-9,11-15H,10,20H2/b11-6-,17-7+. The zero-order valence-electron chi connectivity index (χ0n) is 11.3. The first-order valence-corrected chi connectivity index (χ1v) is 6.52. The predicted molar refractivity (Wildman–Crippen MR) is 87.0 cm³/mol. The fourth-order valence-electron chi connectivity index (χ4n) is 1.93. The van der Waals surface area contributed by atoms with Crippen LogP contribution in [0, 0.1) is 12.3 Å². The summed E-state index contributed by atoms with van der Waals surface area (Å²) in [6, 6.07) is 18.0. The summed E-state index contributed by atoms with van der Waals surface area (Å²) in [5.41, 5.74) is 9.82. The van der Waals surface area contributed by atoms with Gasteiger partial charge in [0.15, 0.2) is 0 Å². The van der Waals surface area contributed by atoms with Crippen LogP contribution in [0.2, 0.25) is 0 Å². The third-order valence-electron chi connectivity index (χ3n) is 2.98. The van der Waals surface area contributed by atoms with Gasteiger partial charge in [-0.25, -0.2) is 0 Å². The van der Waals surface area contributed by atoms with Gasteiger partial charge in [0.25, 0.3) is 0 Å². The zero-order valence-corrected chi connectivity index (χ0v) is 11.3. The van der Waals surface area contributed by atoms with Gasteiger partial charge < -0.3 is 5.73 Å². The van der Waals surface area contributed by atoms with Crippen LogP contribution in [0.5, 0.6) is 0 Å². The van der Waals surface area contributed by atoms with Crippen LogP contribution >= 0.6 is 0 Å². The summed E-state index contributed by atoms with van der Waals surface area (Å²) < 4.78 is 0. The molecule has 0 bridgehead atoms. The molecule has 0 aliphatic rings. The van der Waals surface area contributed by atoms with E-state index in [2.05, 4.69) is 30.2 Å². The van der Waals surface area contributed by atoms with Gasteiger partial charge in [-0.1, -0.05) is 60.5 Å². The van der Waals surface area contributed by atoms with E-state index in [1.807, 2.05) is 42.5 Å². The second-order valence-corrected chi connectivity index (χ2v) is 4.48. The highest BCUT2D eigenvalue weighted by atomic mass is 14.5. The number of nitrogens with two attached hydrogens (primary N) is 1. The van der Waals surface area contributed by atoms with E-state index in [0.29, 0.717) is 0 Å². The molecule has 98 valence electrons. The van der Waals surface area contributed by atoms with Crippen LogP contribution in [0.15, 0.2) is 72.8 Å². The van der Waals surface area contributed by atoms with Crippen LogP contribution in [-0.4, -0.2) is 0 Å². The van der Waals surface area contributed by atoms with E-state index in [1.54, 1.807) is 6.08 Å². The van der Waals surface area contributed by atoms with Crippen molar-refractivity contribution in [3.8, 4) is 12.3 Å². The zero-order chi connectivity index (χ0) is 14.2. The molecule has 0 aromatic heterocycles. The third-order valence-corrected chi connectivity index (χ3v) is 2.98. The van der Waals surface area contributed by atoms with Crippen LogP contribution in [0.1, 0.15) is 11.1 Å². The number of terminal acetylenes is 1. The second-order valence-electron chi connectivity index (χ2n) is 4.48. The Balaban J connectivity index is 2.13. The summed E-state index contributed by atoms with van der Waals surface area (Å²) in [7, 11) is 0. The van der Waals surface area contributed by atoms with Crippen LogP contribution < -0.4 is 5.73 Å². The van der Waals surface area contributed by atoms with Gasteiger partial charge in [0.2, 0.25) is 0 Å². The molecule has 0 unspecified atom stereocenters. The molecule has 2 N–H and O–H groups in total. The van der Waals surface area contributed by atoms with Crippen LogP contribution in [0.3, 0.4) is 0 Å². The van der Waals surface area contributed by atoms with E-state index < -0.39 is 0 Å². The lowest BCUT2D eigenvalue weighted by Gasteiger charge is -2.02. The van der Waals surface area contributed by atoms with Gasteiger partial charge >= 0.3 is 0 Å². The molecule has 1 nitrogen and oxygen atoms in total. The molecule has 0 fully saturated rings. The summed E-state index contributed by atoms with van der Waals surface area (Å²) in [5, 5.41) is 0. The van der Waals surface area contributed by atoms with E-state index in [4.69, 9.17) is 12.2 Å². The van der Waals surface area contributed by atoms with Crippen LogP contribution in [0.4, 0.5) is 5.69 Å². The molecule has 0 heterocycles. The van der Waals surface area contributed by atoms with E-state index in [0.717, 1.165) is 23.2 Å². The molecule has 0 aliphatic heterocycles. The molecule has 0 saturated heterocycles. The van der Waals surface area contributed by atoms with Gasteiger partial charge in [-0.15, -0.1) is 6.42 Å². The first-order chi connectivity index (χ1) is 9.79. The van der Waals surface area contributed by atoms with Gasteiger partial charge in [-0.3, -0.25) is 0 Å². The van der Waals surface area contributed by atoms with Crippen molar-refractivity contribution in [2.24, 2.45) is 0 Å². The third kappa shape index (κ3) is 3.90. The Labute approximate surface area is 120 Å². The molecule has 0 amide bonds. The number of allylic oxidation sites excluding steroid dienone is 4. The van der Waals surface area contributed by atoms with Gasteiger partial charge in [-0.2, -0.15) is 0 Å². The SMILES string of the molecule is C#C/C=C(\C=C/Cc1ccccc1)c1ccc(N)cc1.